The molecule has 0 aliphatic carbocycles. The Hall–Kier alpha value is -0.710. The summed E-state index contributed by atoms with van der Waals surface area (Å²) in [6.07, 6.45) is 1.60. The monoisotopic (exact) mass is 245 g/mol. The molecule has 0 spiro atoms. The Bertz CT molecular complexity index is 239. The molecule has 0 aromatic rings. The highest BCUT2D eigenvalue weighted by atomic mass is 32.2. The molecule has 0 aromatic carbocycles. The first-order valence-corrected chi connectivity index (χ1v) is 6.88. The highest BCUT2D eigenvalue weighted by Crippen LogP contribution is 2.22. The third-order valence-electron chi connectivity index (χ3n) is 2.47. The third-order valence-corrected chi connectivity index (χ3v) is 3.70. The van der Waals surface area contributed by atoms with Crippen LogP contribution in [0.5, 0.6) is 0 Å². The minimum Gasteiger partial charge on any atom is -0.466 e. The number of carbonyl (C=O) groups excluding carboxylic acids is 2. The minimum atomic E-state index is -0.297. The zero-order valence-electron chi connectivity index (χ0n) is 9.66. The molecule has 1 unspecified atom stereocenters. The Kier molecular flexibility index (Phi) is 6.30. The van der Waals surface area contributed by atoms with Gasteiger partial charge in [0.05, 0.1) is 13.0 Å². The molecule has 92 valence electrons. The number of hydrogen-bond donors (Lipinski definition) is 1. The van der Waals surface area contributed by atoms with Crippen molar-refractivity contribution in [2.75, 3.05) is 24.7 Å². The van der Waals surface area contributed by atoms with Crippen molar-refractivity contribution in [2.45, 2.75) is 26.2 Å². The lowest BCUT2D eigenvalue weighted by Gasteiger charge is -2.09. The Labute approximate surface area is 100 Å². The van der Waals surface area contributed by atoms with Crippen LogP contribution in [0.2, 0.25) is 0 Å². The van der Waals surface area contributed by atoms with Crippen molar-refractivity contribution in [3.05, 3.63) is 0 Å². The molecular weight excluding hydrogens is 226 g/mol. The van der Waals surface area contributed by atoms with E-state index in [1.54, 1.807) is 6.92 Å². The molecule has 0 aromatic heterocycles. The third kappa shape index (κ3) is 5.39. The van der Waals surface area contributed by atoms with Gasteiger partial charge in [0.25, 0.3) is 0 Å². The summed E-state index contributed by atoms with van der Waals surface area (Å²) in [5.41, 5.74) is 0. The predicted octanol–water partition coefficient (Wildman–Crippen LogP) is 1.20. The molecule has 0 saturated carbocycles. The Morgan fingerprint density at radius 3 is 2.88 bits per heavy atom. The standard InChI is InChI=1S/C11H19NO3S/c1-2-15-11(14)4-3-10(13)12-7-9-5-6-16-8-9/h9H,2-8H2,1H3,(H,12,13). The summed E-state index contributed by atoms with van der Waals surface area (Å²) in [6.45, 7) is 2.88. The van der Waals surface area contributed by atoms with Gasteiger partial charge in [0.2, 0.25) is 5.91 Å². The molecule has 1 saturated heterocycles. The van der Waals surface area contributed by atoms with Crippen LogP contribution in [-0.2, 0) is 14.3 Å². The summed E-state index contributed by atoms with van der Waals surface area (Å²) in [6, 6.07) is 0. The summed E-state index contributed by atoms with van der Waals surface area (Å²) in [5, 5.41) is 2.86. The van der Waals surface area contributed by atoms with Crippen molar-refractivity contribution in [1.29, 1.82) is 0 Å². The molecule has 4 nitrogen and oxygen atoms in total. The van der Waals surface area contributed by atoms with E-state index >= 15 is 0 Å². The van der Waals surface area contributed by atoms with Crippen molar-refractivity contribution in [2.24, 2.45) is 5.92 Å². The molecule has 16 heavy (non-hydrogen) atoms. The van der Waals surface area contributed by atoms with Crippen LogP contribution >= 0.6 is 11.8 Å². The molecule has 1 heterocycles. The van der Waals surface area contributed by atoms with Crippen LogP contribution < -0.4 is 5.32 Å². The lowest BCUT2D eigenvalue weighted by Crippen LogP contribution is -2.29. The molecule has 1 aliphatic heterocycles. The van der Waals surface area contributed by atoms with E-state index in [0.717, 1.165) is 12.3 Å². The second-order valence-corrected chi connectivity index (χ2v) is 4.99. The number of amides is 1. The van der Waals surface area contributed by atoms with Gasteiger partial charge < -0.3 is 10.1 Å². The van der Waals surface area contributed by atoms with Gasteiger partial charge >= 0.3 is 5.97 Å². The molecule has 1 atom stereocenters. The smallest absolute Gasteiger partial charge is 0.306 e. The van der Waals surface area contributed by atoms with Gasteiger partial charge in [-0.1, -0.05) is 0 Å². The van der Waals surface area contributed by atoms with E-state index in [4.69, 9.17) is 4.74 Å². The van der Waals surface area contributed by atoms with Gasteiger partial charge in [-0.2, -0.15) is 11.8 Å². The van der Waals surface area contributed by atoms with Crippen molar-refractivity contribution in [3.63, 3.8) is 0 Å². The van der Waals surface area contributed by atoms with Gasteiger partial charge in [-0.15, -0.1) is 0 Å². The van der Waals surface area contributed by atoms with E-state index in [0.29, 0.717) is 12.5 Å². The Morgan fingerprint density at radius 2 is 2.25 bits per heavy atom. The zero-order valence-corrected chi connectivity index (χ0v) is 10.5. The molecule has 1 aliphatic rings. The SMILES string of the molecule is CCOC(=O)CCC(=O)NCC1CCSC1. The van der Waals surface area contributed by atoms with Crippen LogP contribution in [0.25, 0.3) is 0 Å². The first kappa shape index (κ1) is 13.4. The van der Waals surface area contributed by atoms with Crippen LogP contribution in [0.15, 0.2) is 0 Å². The normalized spacial score (nSPS) is 19.4. The van der Waals surface area contributed by atoms with Crippen LogP contribution in [0.1, 0.15) is 26.2 Å². The van der Waals surface area contributed by atoms with E-state index in [-0.39, 0.29) is 24.7 Å². The molecule has 0 radical (unpaired) electrons. The predicted molar refractivity (Wildman–Crippen MR) is 64.3 cm³/mol. The van der Waals surface area contributed by atoms with Crippen LogP contribution in [0, 0.1) is 5.92 Å². The number of esters is 1. The summed E-state index contributed by atoms with van der Waals surface area (Å²) >= 11 is 1.93. The number of rotatable bonds is 6. The fourth-order valence-electron chi connectivity index (χ4n) is 1.54. The second kappa shape index (κ2) is 7.54. The molecular formula is C11H19NO3S. The molecule has 5 heteroatoms. The topological polar surface area (TPSA) is 55.4 Å². The largest absolute Gasteiger partial charge is 0.466 e. The van der Waals surface area contributed by atoms with Gasteiger partial charge in [-0.05, 0) is 30.8 Å². The summed E-state index contributed by atoms with van der Waals surface area (Å²) in [7, 11) is 0. The average molecular weight is 245 g/mol. The van der Waals surface area contributed by atoms with Crippen molar-refractivity contribution in [3.8, 4) is 0 Å². The van der Waals surface area contributed by atoms with Gasteiger partial charge in [0.1, 0.15) is 0 Å². The highest BCUT2D eigenvalue weighted by molar-refractivity contribution is 7.99. The van der Waals surface area contributed by atoms with E-state index in [1.165, 1.54) is 12.2 Å². The lowest BCUT2D eigenvalue weighted by atomic mass is 10.1. The molecule has 1 amide bonds. The summed E-state index contributed by atoms with van der Waals surface area (Å²) in [5.74, 6) is 2.59. The quantitative estimate of drug-likeness (QED) is 0.714. The molecule has 0 bridgehead atoms. The molecule has 1 fully saturated rings. The van der Waals surface area contributed by atoms with Gasteiger partial charge in [-0.3, -0.25) is 9.59 Å². The van der Waals surface area contributed by atoms with E-state index in [2.05, 4.69) is 5.32 Å². The first-order valence-electron chi connectivity index (χ1n) is 5.72. The fraction of sp³-hybridized carbons (Fsp3) is 0.818. The summed E-state index contributed by atoms with van der Waals surface area (Å²) in [4.78, 5) is 22.4. The van der Waals surface area contributed by atoms with Crippen LogP contribution in [-0.4, -0.2) is 36.5 Å². The lowest BCUT2D eigenvalue weighted by molar-refractivity contribution is -0.144. The fourth-order valence-corrected chi connectivity index (χ4v) is 2.82. The minimum absolute atomic E-state index is 0.0510. The van der Waals surface area contributed by atoms with Crippen molar-refractivity contribution >= 4 is 23.6 Å². The van der Waals surface area contributed by atoms with Crippen molar-refractivity contribution < 1.29 is 14.3 Å². The number of thioether (sulfide) groups is 1. The number of ether oxygens (including phenoxy) is 1. The van der Waals surface area contributed by atoms with E-state index < -0.39 is 0 Å². The Morgan fingerprint density at radius 1 is 1.44 bits per heavy atom. The van der Waals surface area contributed by atoms with E-state index in [1.807, 2.05) is 11.8 Å². The van der Waals surface area contributed by atoms with Gasteiger partial charge in [-0.25, -0.2) is 0 Å². The van der Waals surface area contributed by atoms with E-state index in [9.17, 15) is 9.59 Å². The molecule has 1 N–H and O–H groups in total. The van der Waals surface area contributed by atoms with Crippen LogP contribution in [0.4, 0.5) is 0 Å². The maximum Gasteiger partial charge on any atom is 0.306 e. The van der Waals surface area contributed by atoms with Crippen LogP contribution in [0.3, 0.4) is 0 Å². The van der Waals surface area contributed by atoms with Crippen molar-refractivity contribution in [1.82, 2.24) is 5.32 Å². The average Bonchev–Trinajstić information content (AvgIpc) is 2.77. The number of carbonyl (C=O) groups is 2. The number of hydrogen-bond acceptors (Lipinski definition) is 4. The second-order valence-electron chi connectivity index (χ2n) is 3.84. The summed E-state index contributed by atoms with van der Waals surface area (Å²) < 4.78 is 4.75. The highest BCUT2D eigenvalue weighted by Gasteiger charge is 2.16. The van der Waals surface area contributed by atoms with Gasteiger partial charge in [0.15, 0.2) is 0 Å². The Balaban J connectivity index is 2.04. The zero-order chi connectivity index (χ0) is 11.8. The maximum atomic E-state index is 11.4. The van der Waals surface area contributed by atoms with Gasteiger partial charge in [0, 0.05) is 13.0 Å². The maximum absolute atomic E-state index is 11.4. The first-order chi connectivity index (χ1) is 7.72. The molecule has 1 rings (SSSR count). The number of nitrogens with one attached hydrogen (secondary N) is 1.